The Hall–Kier alpha value is -1.99. The maximum Gasteiger partial charge on any atom is 0.161 e. The first-order valence-electron chi connectivity index (χ1n) is 10.0. The third kappa shape index (κ3) is 5.54. The van der Waals surface area contributed by atoms with E-state index >= 15 is 0 Å². The number of β-amino-alcohol motifs (C(OH)–C–C–N with tert-alkyl or cyclic N) is 1. The highest BCUT2D eigenvalue weighted by atomic mass is 35.5. The second kappa shape index (κ2) is 9.67. The van der Waals surface area contributed by atoms with Crippen LogP contribution in [0.1, 0.15) is 0 Å². The Bertz CT molecular complexity index is 798. The molecule has 0 radical (unpaired) electrons. The summed E-state index contributed by atoms with van der Waals surface area (Å²) < 4.78 is 17.2. The lowest BCUT2D eigenvalue weighted by Gasteiger charge is -2.37. The van der Waals surface area contributed by atoms with E-state index in [0.29, 0.717) is 19.8 Å². The number of para-hydroxylation sites is 2. The van der Waals surface area contributed by atoms with Crippen molar-refractivity contribution in [2.24, 2.45) is 0 Å². The molecule has 4 rings (SSSR count). The van der Waals surface area contributed by atoms with E-state index in [1.54, 1.807) is 0 Å². The SMILES string of the molecule is O[C@H](COC[C@@H]1COc2ccccc2O1)CN1CCN(c2cccc(Cl)c2)CC1. The van der Waals surface area contributed by atoms with Crippen LogP contribution in [0.15, 0.2) is 48.5 Å². The van der Waals surface area contributed by atoms with Gasteiger partial charge in [-0.15, -0.1) is 0 Å². The summed E-state index contributed by atoms with van der Waals surface area (Å²) in [5.74, 6) is 1.51. The van der Waals surface area contributed by atoms with Crippen LogP contribution in [0.4, 0.5) is 5.69 Å². The van der Waals surface area contributed by atoms with Crippen LogP contribution in [-0.4, -0.2) is 74.8 Å². The van der Waals surface area contributed by atoms with Crippen LogP contribution >= 0.6 is 11.6 Å². The van der Waals surface area contributed by atoms with E-state index in [9.17, 15) is 5.11 Å². The van der Waals surface area contributed by atoms with Crippen molar-refractivity contribution < 1.29 is 19.3 Å². The molecule has 0 aromatic heterocycles. The molecule has 2 aromatic carbocycles. The topological polar surface area (TPSA) is 54.4 Å². The number of rotatable bonds is 7. The molecule has 0 bridgehead atoms. The van der Waals surface area contributed by atoms with Crippen LogP contribution in [-0.2, 0) is 4.74 Å². The van der Waals surface area contributed by atoms with Gasteiger partial charge < -0.3 is 24.2 Å². The number of nitrogens with zero attached hydrogens (tertiary/aromatic N) is 2. The lowest BCUT2D eigenvalue weighted by atomic mass is 10.2. The molecule has 2 heterocycles. The Morgan fingerprint density at radius 2 is 1.86 bits per heavy atom. The van der Waals surface area contributed by atoms with E-state index in [2.05, 4.69) is 15.9 Å². The number of hydrogen-bond donors (Lipinski definition) is 1. The number of benzene rings is 2. The van der Waals surface area contributed by atoms with Gasteiger partial charge in [0.2, 0.25) is 0 Å². The Morgan fingerprint density at radius 3 is 2.66 bits per heavy atom. The van der Waals surface area contributed by atoms with E-state index in [1.165, 1.54) is 0 Å². The van der Waals surface area contributed by atoms with E-state index in [4.69, 9.17) is 25.8 Å². The van der Waals surface area contributed by atoms with E-state index < -0.39 is 6.10 Å². The van der Waals surface area contributed by atoms with Gasteiger partial charge in [-0.2, -0.15) is 0 Å². The smallest absolute Gasteiger partial charge is 0.161 e. The van der Waals surface area contributed by atoms with Crippen LogP contribution in [0.25, 0.3) is 0 Å². The fourth-order valence-corrected chi connectivity index (χ4v) is 3.88. The van der Waals surface area contributed by atoms with Crippen molar-refractivity contribution in [1.29, 1.82) is 0 Å². The molecular weight excluding hydrogens is 392 g/mol. The highest BCUT2D eigenvalue weighted by Gasteiger charge is 2.22. The van der Waals surface area contributed by atoms with Crippen molar-refractivity contribution in [1.82, 2.24) is 4.90 Å². The molecule has 0 unspecified atom stereocenters. The first kappa shape index (κ1) is 20.3. The Morgan fingerprint density at radius 1 is 1.07 bits per heavy atom. The molecule has 0 amide bonds. The largest absolute Gasteiger partial charge is 0.486 e. The van der Waals surface area contributed by atoms with E-state index in [1.807, 2.05) is 42.5 Å². The van der Waals surface area contributed by atoms with Gasteiger partial charge in [0.15, 0.2) is 17.6 Å². The van der Waals surface area contributed by atoms with Crippen molar-refractivity contribution in [3.63, 3.8) is 0 Å². The summed E-state index contributed by atoms with van der Waals surface area (Å²) in [5.41, 5.74) is 1.15. The summed E-state index contributed by atoms with van der Waals surface area (Å²) in [7, 11) is 0. The summed E-state index contributed by atoms with van der Waals surface area (Å²) >= 11 is 6.09. The average molecular weight is 419 g/mol. The number of anilines is 1. The minimum absolute atomic E-state index is 0.154. The van der Waals surface area contributed by atoms with E-state index in [-0.39, 0.29) is 12.7 Å². The summed E-state index contributed by atoms with van der Waals surface area (Å²) in [6, 6.07) is 15.6. The number of hydrogen-bond acceptors (Lipinski definition) is 6. The number of ether oxygens (including phenoxy) is 3. The fraction of sp³-hybridized carbons (Fsp3) is 0.455. The molecule has 2 aliphatic heterocycles. The normalized spacial score (nSPS) is 20.5. The van der Waals surface area contributed by atoms with Gasteiger partial charge in [0, 0.05) is 43.4 Å². The summed E-state index contributed by atoms with van der Waals surface area (Å²) in [4.78, 5) is 4.59. The zero-order valence-corrected chi connectivity index (χ0v) is 17.1. The Balaban J connectivity index is 1.14. The average Bonchev–Trinajstić information content (AvgIpc) is 2.74. The lowest BCUT2D eigenvalue weighted by molar-refractivity contribution is -0.0292. The Kier molecular flexibility index (Phi) is 6.77. The monoisotopic (exact) mass is 418 g/mol. The van der Waals surface area contributed by atoms with Crippen molar-refractivity contribution >= 4 is 17.3 Å². The highest BCUT2D eigenvalue weighted by molar-refractivity contribution is 6.30. The van der Waals surface area contributed by atoms with Gasteiger partial charge in [0.05, 0.1) is 19.3 Å². The maximum atomic E-state index is 10.3. The molecule has 2 aromatic rings. The van der Waals surface area contributed by atoms with Gasteiger partial charge in [-0.25, -0.2) is 0 Å². The van der Waals surface area contributed by atoms with Crippen LogP contribution in [0.2, 0.25) is 5.02 Å². The molecule has 0 aliphatic carbocycles. The number of aliphatic hydroxyl groups excluding tert-OH is 1. The number of piperazine rings is 1. The summed E-state index contributed by atoms with van der Waals surface area (Å²) in [6.45, 7) is 5.39. The minimum atomic E-state index is -0.524. The second-order valence-electron chi connectivity index (χ2n) is 7.46. The van der Waals surface area contributed by atoms with Crippen molar-refractivity contribution in [2.45, 2.75) is 12.2 Å². The molecule has 2 aliphatic rings. The molecule has 1 fully saturated rings. The van der Waals surface area contributed by atoms with Gasteiger partial charge in [-0.3, -0.25) is 4.90 Å². The van der Waals surface area contributed by atoms with Crippen molar-refractivity contribution in [3.8, 4) is 11.5 Å². The number of fused-ring (bicyclic) bond motifs is 1. The first-order chi connectivity index (χ1) is 14.2. The molecule has 1 saturated heterocycles. The zero-order valence-electron chi connectivity index (χ0n) is 16.4. The molecule has 29 heavy (non-hydrogen) atoms. The van der Waals surface area contributed by atoms with Crippen LogP contribution in [0, 0.1) is 0 Å². The molecule has 0 saturated carbocycles. The molecule has 156 valence electrons. The van der Waals surface area contributed by atoms with Crippen LogP contribution < -0.4 is 14.4 Å². The van der Waals surface area contributed by atoms with Crippen molar-refractivity contribution in [2.75, 3.05) is 57.4 Å². The molecule has 2 atom stereocenters. The van der Waals surface area contributed by atoms with E-state index in [0.717, 1.165) is 48.4 Å². The number of aliphatic hydroxyl groups is 1. The summed E-state index contributed by atoms with van der Waals surface area (Å²) in [6.07, 6.45) is -0.678. The van der Waals surface area contributed by atoms with Gasteiger partial charge in [0.1, 0.15) is 6.61 Å². The zero-order chi connectivity index (χ0) is 20.1. The minimum Gasteiger partial charge on any atom is -0.486 e. The lowest BCUT2D eigenvalue weighted by Crippen LogP contribution is -2.49. The molecular formula is C22H27ClN2O4. The predicted molar refractivity (Wildman–Crippen MR) is 113 cm³/mol. The molecule has 1 N–H and O–H groups in total. The first-order valence-corrected chi connectivity index (χ1v) is 10.4. The molecule has 0 spiro atoms. The standard InChI is InChI=1S/C22H27ClN2O4/c23-17-4-3-5-18(12-17)25-10-8-24(9-11-25)13-19(26)14-27-15-20-16-28-21-6-1-2-7-22(21)29-20/h1-7,12,19-20,26H,8-11,13-16H2/t19-,20+/m0/s1. The summed E-state index contributed by atoms with van der Waals surface area (Å²) in [5, 5.41) is 11.1. The van der Waals surface area contributed by atoms with Gasteiger partial charge >= 0.3 is 0 Å². The fourth-order valence-electron chi connectivity index (χ4n) is 3.69. The van der Waals surface area contributed by atoms with Gasteiger partial charge in [-0.1, -0.05) is 29.8 Å². The third-order valence-electron chi connectivity index (χ3n) is 5.20. The van der Waals surface area contributed by atoms with Crippen LogP contribution in [0.3, 0.4) is 0 Å². The highest BCUT2D eigenvalue weighted by Crippen LogP contribution is 2.30. The quantitative estimate of drug-likeness (QED) is 0.746. The predicted octanol–water partition coefficient (Wildman–Crippen LogP) is 2.68. The maximum absolute atomic E-state index is 10.3. The van der Waals surface area contributed by atoms with Gasteiger partial charge in [0.25, 0.3) is 0 Å². The van der Waals surface area contributed by atoms with Gasteiger partial charge in [-0.05, 0) is 30.3 Å². The third-order valence-corrected chi connectivity index (χ3v) is 5.43. The Labute approximate surface area is 176 Å². The molecule has 6 nitrogen and oxygen atoms in total. The number of halogens is 1. The van der Waals surface area contributed by atoms with Crippen LogP contribution in [0.5, 0.6) is 11.5 Å². The molecule has 7 heteroatoms. The second-order valence-corrected chi connectivity index (χ2v) is 7.89. The van der Waals surface area contributed by atoms with Crippen molar-refractivity contribution in [3.05, 3.63) is 53.6 Å².